The molecule has 200 valence electrons. The van der Waals surface area contributed by atoms with Gasteiger partial charge in [0.2, 0.25) is 0 Å². The minimum Gasteiger partial charge on any atom is -0.507 e. The molecule has 1 unspecified atom stereocenters. The molecule has 1 saturated heterocycles. The fourth-order valence-corrected chi connectivity index (χ4v) is 5.63. The topological polar surface area (TPSA) is 92.2 Å². The van der Waals surface area contributed by atoms with Gasteiger partial charge in [0.1, 0.15) is 17.3 Å². The van der Waals surface area contributed by atoms with E-state index in [0.29, 0.717) is 41.0 Å². The summed E-state index contributed by atoms with van der Waals surface area (Å²) in [6.07, 6.45) is 0. The van der Waals surface area contributed by atoms with E-state index in [-0.39, 0.29) is 11.3 Å². The number of para-hydroxylation sites is 1. The lowest BCUT2D eigenvalue weighted by Gasteiger charge is -2.24. The average molecular weight is 544 g/mol. The Bertz CT molecular complexity index is 1540. The molecule has 5 rings (SSSR count). The lowest BCUT2D eigenvalue weighted by atomic mass is 9.95. The van der Waals surface area contributed by atoms with Crippen LogP contribution in [0.25, 0.3) is 16.0 Å². The number of hydrogen-bond donors (Lipinski definition) is 1. The summed E-state index contributed by atoms with van der Waals surface area (Å²) in [4.78, 5) is 35.2. The molecule has 0 saturated carbocycles. The number of nitrogens with zero attached hydrogens (tertiary/aromatic N) is 3. The Balaban J connectivity index is 1.71. The van der Waals surface area contributed by atoms with E-state index in [9.17, 15) is 14.7 Å². The van der Waals surface area contributed by atoms with E-state index in [2.05, 4.69) is 4.98 Å². The number of anilines is 2. The zero-order valence-corrected chi connectivity index (χ0v) is 23.0. The van der Waals surface area contributed by atoms with Crippen LogP contribution in [-0.2, 0) is 9.59 Å². The minimum atomic E-state index is -0.886. The van der Waals surface area contributed by atoms with Crippen molar-refractivity contribution in [3.8, 4) is 11.5 Å². The van der Waals surface area contributed by atoms with Gasteiger partial charge in [-0.25, -0.2) is 4.98 Å². The first kappa shape index (κ1) is 26.2. The van der Waals surface area contributed by atoms with Crippen LogP contribution in [0.4, 0.5) is 10.8 Å². The largest absolute Gasteiger partial charge is 0.507 e. The van der Waals surface area contributed by atoms with Crippen LogP contribution in [-0.4, -0.2) is 49.1 Å². The number of carbonyl (C=O) groups is 2. The third-order valence-electron chi connectivity index (χ3n) is 6.48. The van der Waals surface area contributed by atoms with Gasteiger partial charge in [-0.1, -0.05) is 35.6 Å². The number of aromatic nitrogens is 1. The van der Waals surface area contributed by atoms with E-state index in [4.69, 9.17) is 9.47 Å². The highest BCUT2D eigenvalue weighted by Gasteiger charge is 2.48. The molecule has 1 aromatic heterocycles. The highest BCUT2D eigenvalue weighted by atomic mass is 32.1. The Labute approximate surface area is 230 Å². The summed E-state index contributed by atoms with van der Waals surface area (Å²) in [5.74, 6) is -0.923. The van der Waals surface area contributed by atoms with Crippen molar-refractivity contribution in [3.05, 3.63) is 83.4 Å². The van der Waals surface area contributed by atoms with Gasteiger partial charge in [0.25, 0.3) is 5.78 Å². The van der Waals surface area contributed by atoms with Crippen molar-refractivity contribution in [2.75, 3.05) is 37.1 Å². The minimum absolute atomic E-state index is 0.0260. The molecule has 1 fully saturated rings. The number of amides is 1. The van der Waals surface area contributed by atoms with Crippen LogP contribution in [0.5, 0.6) is 11.5 Å². The molecule has 0 spiro atoms. The predicted molar refractivity (Wildman–Crippen MR) is 154 cm³/mol. The van der Waals surface area contributed by atoms with Crippen molar-refractivity contribution in [1.29, 1.82) is 0 Å². The summed E-state index contributed by atoms with van der Waals surface area (Å²) in [7, 11) is 3.87. The second kappa shape index (κ2) is 10.8. The highest BCUT2D eigenvalue weighted by molar-refractivity contribution is 7.22. The van der Waals surface area contributed by atoms with Gasteiger partial charge in [0, 0.05) is 25.8 Å². The van der Waals surface area contributed by atoms with Crippen LogP contribution in [0.3, 0.4) is 0 Å². The third kappa shape index (κ3) is 4.81. The maximum atomic E-state index is 13.6. The molecular weight excluding hydrogens is 514 g/mol. The van der Waals surface area contributed by atoms with Crippen molar-refractivity contribution in [2.45, 2.75) is 19.9 Å². The number of rotatable bonds is 8. The molecule has 9 heteroatoms. The number of ketones is 1. The molecule has 8 nitrogen and oxygen atoms in total. The molecule has 0 radical (unpaired) electrons. The van der Waals surface area contributed by atoms with Crippen LogP contribution in [0.2, 0.25) is 0 Å². The molecule has 3 aromatic carbocycles. The maximum Gasteiger partial charge on any atom is 0.301 e. The van der Waals surface area contributed by atoms with Gasteiger partial charge in [-0.15, -0.1) is 0 Å². The quantitative estimate of drug-likeness (QED) is 0.171. The fourth-order valence-electron chi connectivity index (χ4n) is 4.64. The van der Waals surface area contributed by atoms with E-state index in [1.165, 1.54) is 16.2 Å². The Morgan fingerprint density at radius 3 is 2.38 bits per heavy atom. The second-order valence-electron chi connectivity index (χ2n) is 9.14. The number of Topliss-reactive ketones (excluding diaryl/α,β-unsaturated/α-hetero) is 1. The zero-order valence-electron chi connectivity index (χ0n) is 22.2. The van der Waals surface area contributed by atoms with Gasteiger partial charge in [-0.05, 0) is 55.8 Å². The van der Waals surface area contributed by atoms with Crippen LogP contribution in [0, 0.1) is 0 Å². The molecular formula is C30H29N3O5S. The number of ether oxygens (including phenoxy) is 2. The van der Waals surface area contributed by atoms with Crippen molar-refractivity contribution < 1.29 is 24.2 Å². The summed E-state index contributed by atoms with van der Waals surface area (Å²) in [6.45, 7) is 4.51. The fraction of sp³-hybridized carbons (Fsp3) is 0.233. The smallest absolute Gasteiger partial charge is 0.301 e. The number of aliphatic hydroxyl groups excluding tert-OH is 1. The number of fused-ring (bicyclic) bond motifs is 1. The molecule has 0 bridgehead atoms. The van der Waals surface area contributed by atoms with Gasteiger partial charge in [0.15, 0.2) is 5.13 Å². The molecule has 39 heavy (non-hydrogen) atoms. The first-order valence-corrected chi connectivity index (χ1v) is 13.5. The lowest BCUT2D eigenvalue weighted by Crippen LogP contribution is -2.29. The molecule has 2 heterocycles. The molecule has 1 aliphatic heterocycles. The first-order valence-electron chi connectivity index (χ1n) is 12.7. The third-order valence-corrected chi connectivity index (χ3v) is 7.51. The lowest BCUT2D eigenvalue weighted by molar-refractivity contribution is -0.132. The Morgan fingerprint density at radius 2 is 1.72 bits per heavy atom. The molecule has 4 aromatic rings. The Kier molecular flexibility index (Phi) is 7.26. The maximum absolute atomic E-state index is 13.6. The van der Waals surface area contributed by atoms with Crippen LogP contribution < -0.4 is 19.3 Å². The second-order valence-corrected chi connectivity index (χ2v) is 10.2. The standard InChI is InChI=1S/C30H29N3O5S/c1-5-37-20-15-16-21(23(17-20)38-6-2)27(34)25-26(18-11-13-19(14-12-18)32(3)4)33(29(36)28(25)35)30-31-22-9-7-8-10-24(22)39-30/h7-17,26,34H,5-6H2,1-4H3/b27-25+. The number of aliphatic hydroxyl groups is 1. The number of hydrogen-bond acceptors (Lipinski definition) is 8. The number of benzene rings is 3. The summed E-state index contributed by atoms with van der Waals surface area (Å²) in [5, 5.41) is 12.0. The van der Waals surface area contributed by atoms with E-state index in [1.54, 1.807) is 18.2 Å². The SMILES string of the molecule is CCOc1ccc(/C(O)=C2\C(=O)C(=O)N(c3nc4ccccc4s3)C2c2ccc(N(C)C)cc2)c(OCC)c1. The van der Waals surface area contributed by atoms with Crippen LogP contribution in [0.1, 0.15) is 31.0 Å². The number of thiazole rings is 1. The molecule has 0 aliphatic carbocycles. The van der Waals surface area contributed by atoms with Crippen molar-refractivity contribution >= 4 is 49.8 Å². The highest BCUT2D eigenvalue weighted by Crippen LogP contribution is 2.45. The van der Waals surface area contributed by atoms with E-state index >= 15 is 0 Å². The molecule has 1 N–H and O–H groups in total. The van der Waals surface area contributed by atoms with E-state index in [0.717, 1.165) is 15.9 Å². The molecule has 1 atom stereocenters. The average Bonchev–Trinajstić information content (AvgIpc) is 3.47. The summed E-state index contributed by atoms with van der Waals surface area (Å²) in [5.41, 5.74) is 2.64. The van der Waals surface area contributed by atoms with E-state index in [1.807, 2.05) is 81.4 Å². The van der Waals surface area contributed by atoms with Crippen molar-refractivity contribution in [1.82, 2.24) is 4.98 Å². The van der Waals surface area contributed by atoms with Gasteiger partial charge >= 0.3 is 5.91 Å². The predicted octanol–water partition coefficient (Wildman–Crippen LogP) is 5.79. The Morgan fingerprint density at radius 1 is 1.00 bits per heavy atom. The van der Waals surface area contributed by atoms with E-state index < -0.39 is 17.7 Å². The van der Waals surface area contributed by atoms with Gasteiger partial charge in [-0.3, -0.25) is 14.5 Å². The van der Waals surface area contributed by atoms with Crippen LogP contribution in [0.15, 0.2) is 72.3 Å². The first-order chi connectivity index (χ1) is 18.8. The van der Waals surface area contributed by atoms with Crippen molar-refractivity contribution in [3.63, 3.8) is 0 Å². The Hall–Kier alpha value is -4.37. The summed E-state index contributed by atoms with van der Waals surface area (Å²) < 4.78 is 12.3. The summed E-state index contributed by atoms with van der Waals surface area (Å²) in [6, 6.07) is 19.2. The van der Waals surface area contributed by atoms with Gasteiger partial charge in [0.05, 0.1) is 40.6 Å². The zero-order chi connectivity index (χ0) is 27.7. The van der Waals surface area contributed by atoms with Crippen molar-refractivity contribution in [2.24, 2.45) is 0 Å². The van der Waals surface area contributed by atoms with Gasteiger partial charge < -0.3 is 19.5 Å². The monoisotopic (exact) mass is 543 g/mol. The van der Waals surface area contributed by atoms with Crippen LogP contribution >= 0.6 is 11.3 Å². The molecule has 1 aliphatic rings. The normalized spacial score (nSPS) is 16.6. The van der Waals surface area contributed by atoms with Gasteiger partial charge in [-0.2, -0.15) is 0 Å². The number of carbonyl (C=O) groups excluding carboxylic acids is 2. The summed E-state index contributed by atoms with van der Waals surface area (Å²) >= 11 is 1.32. The molecule has 1 amide bonds.